The third-order valence-electron chi connectivity index (χ3n) is 5.19. The Kier molecular flexibility index (Phi) is 3.80. The number of rotatable bonds is 2. The minimum atomic E-state index is 0.0241. The molecule has 5 rings (SSSR count). The lowest BCUT2D eigenvalue weighted by Gasteiger charge is -2.29. The van der Waals surface area contributed by atoms with Crippen molar-refractivity contribution in [2.24, 2.45) is 0 Å². The van der Waals surface area contributed by atoms with Crippen LogP contribution in [0.5, 0.6) is 0 Å². The first-order valence-corrected chi connectivity index (χ1v) is 9.38. The Morgan fingerprint density at radius 3 is 2.67 bits per heavy atom. The smallest absolute Gasteiger partial charge is 0.270 e. The van der Waals surface area contributed by atoms with Crippen LogP contribution in [0.3, 0.4) is 0 Å². The van der Waals surface area contributed by atoms with Crippen molar-refractivity contribution < 1.29 is 4.79 Å². The summed E-state index contributed by atoms with van der Waals surface area (Å²) in [5.74, 6) is 0.0241. The van der Waals surface area contributed by atoms with Gasteiger partial charge in [0.1, 0.15) is 5.69 Å². The molecule has 2 aromatic heterocycles. The fraction of sp³-hybridized carbons (Fsp3) is 0.136. The largest absolute Gasteiger partial charge is 0.351 e. The van der Waals surface area contributed by atoms with Crippen molar-refractivity contribution >= 4 is 28.4 Å². The van der Waals surface area contributed by atoms with E-state index >= 15 is 0 Å². The molecule has 0 saturated heterocycles. The fourth-order valence-corrected chi connectivity index (χ4v) is 4.01. The van der Waals surface area contributed by atoms with Crippen molar-refractivity contribution in [3.05, 3.63) is 83.1 Å². The van der Waals surface area contributed by atoms with Gasteiger partial charge in [0.15, 0.2) is 0 Å². The van der Waals surface area contributed by atoms with E-state index < -0.39 is 0 Å². The molecular weight excluding hydrogens is 358 g/mol. The zero-order valence-electron chi connectivity index (χ0n) is 14.7. The van der Waals surface area contributed by atoms with Gasteiger partial charge in [0.25, 0.3) is 5.91 Å². The van der Waals surface area contributed by atoms with E-state index in [-0.39, 0.29) is 5.91 Å². The molecule has 134 valence electrons. The molecule has 1 aliphatic heterocycles. The highest BCUT2D eigenvalue weighted by atomic mass is 35.5. The molecule has 1 aliphatic rings. The number of aromatic nitrogens is 2. The third kappa shape index (κ3) is 2.82. The summed E-state index contributed by atoms with van der Waals surface area (Å²) in [6.07, 6.45) is 0. The second-order valence-corrected chi connectivity index (χ2v) is 7.31. The number of H-pyrrole nitrogens is 1. The van der Waals surface area contributed by atoms with E-state index in [1.165, 1.54) is 11.3 Å². The van der Waals surface area contributed by atoms with E-state index in [0.717, 1.165) is 23.1 Å². The van der Waals surface area contributed by atoms with Gasteiger partial charge in [-0.3, -0.25) is 4.79 Å². The Morgan fingerprint density at radius 1 is 0.963 bits per heavy atom. The van der Waals surface area contributed by atoms with Gasteiger partial charge in [-0.2, -0.15) is 0 Å². The van der Waals surface area contributed by atoms with Crippen LogP contribution in [0.2, 0.25) is 5.02 Å². The number of nitrogens with one attached hydrogen (secondary N) is 1. The number of fused-ring (bicyclic) bond motifs is 2. The van der Waals surface area contributed by atoms with Gasteiger partial charge in [-0.1, -0.05) is 41.9 Å². The van der Waals surface area contributed by atoms with Crippen LogP contribution >= 0.6 is 11.6 Å². The van der Waals surface area contributed by atoms with Gasteiger partial charge < -0.3 is 14.5 Å². The Morgan fingerprint density at radius 2 is 1.81 bits per heavy atom. The van der Waals surface area contributed by atoms with Crippen LogP contribution in [0.4, 0.5) is 0 Å². The molecule has 2 aromatic carbocycles. The third-order valence-corrected chi connectivity index (χ3v) is 5.42. The Bertz CT molecular complexity index is 1140. The molecular formula is C22H18ClN3O. The number of hydrogen-bond acceptors (Lipinski definition) is 1. The first-order valence-electron chi connectivity index (χ1n) is 9.00. The lowest BCUT2D eigenvalue weighted by atomic mass is 10.1. The number of benzene rings is 2. The number of carbonyl (C=O) groups excluding carboxylic acids is 1. The molecule has 1 amide bonds. The highest BCUT2D eigenvalue weighted by molar-refractivity contribution is 6.31. The van der Waals surface area contributed by atoms with E-state index in [0.29, 0.717) is 23.8 Å². The van der Waals surface area contributed by atoms with Crippen LogP contribution in [-0.4, -0.2) is 26.9 Å². The second kappa shape index (κ2) is 6.32. The van der Waals surface area contributed by atoms with Gasteiger partial charge in [-0.05, 0) is 42.0 Å². The number of amides is 1. The molecule has 0 atom stereocenters. The molecule has 1 N–H and O–H groups in total. The quantitative estimate of drug-likeness (QED) is 0.529. The zero-order valence-corrected chi connectivity index (χ0v) is 15.4. The predicted molar refractivity (Wildman–Crippen MR) is 108 cm³/mol. The standard InChI is InChI=1S/C22H18ClN3O/c23-17-6-8-19-16(12-17)13-20(24-19)22(27)25-10-11-26-18(14-25)7-9-21(26)15-4-2-1-3-5-15/h1-9,12-13,24H,10-11,14H2. The van der Waals surface area contributed by atoms with E-state index in [2.05, 4.69) is 45.9 Å². The van der Waals surface area contributed by atoms with E-state index in [1.807, 2.05) is 35.2 Å². The van der Waals surface area contributed by atoms with Crippen LogP contribution < -0.4 is 0 Å². The zero-order chi connectivity index (χ0) is 18.4. The summed E-state index contributed by atoms with van der Waals surface area (Å²) >= 11 is 6.05. The molecule has 27 heavy (non-hydrogen) atoms. The van der Waals surface area contributed by atoms with E-state index in [1.54, 1.807) is 0 Å². The molecule has 0 spiro atoms. The van der Waals surface area contributed by atoms with Crippen molar-refractivity contribution in [2.45, 2.75) is 13.1 Å². The van der Waals surface area contributed by atoms with Crippen LogP contribution in [0.25, 0.3) is 22.2 Å². The summed E-state index contributed by atoms with van der Waals surface area (Å²) in [6.45, 7) is 2.10. The van der Waals surface area contributed by atoms with Gasteiger partial charge >= 0.3 is 0 Å². The van der Waals surface area contributed by atoms with Crippen LogP contribution in [-0.2, 0) is 13.1 Å². The Hall–Kier alpha value is -2.98. The first-order chi connectivity index (χ1) is 13.2. The van der Waals surface area contributed by atoms with Crippen molar-refractivity contribution in [1.82, 2.24) is 14.5 Å². The number of hydrogen-bond donors (Lipinski definition) is 1. The molecule has 4 aromatic rings. The Balaban J connectivity index is 1.42. The molecule has 0 saturated carbocycles. The second-order valence-electron chi connectivity index (χ2n) is 6.87. The van der Waals surface area contributed by atoms with Crippen LogP contribution in [0, 0.1) is 0 Å². The highest BCUT2D eigenvalue weighted by Gasteiger charge is 2.24. The summed E-state index contributed by atoms with van der Waals surface area (Å²) in [7, 11) is 0. The van der Waals surface area contributed by atoms with Crippen molar-refractivity contribution in [2.75, 3.05) is 6.54 Å². The maximum Gasteiger partial charge on any atom is 0.270 e. The van der Waals surface area contributed by atoms with Gasteiger partial charge in [0, 0.05) is 40.4 Å². The topological polar surface area (TPSA) is 41.0 Å². The average molecular weight is 376 g/mol. The van der Waals surface area contributed by atoms with Gasteiger partial charge in [0.05, 0.1) is 6.54 Å². The monoisotopic (exact) mass is 375 g/mol. The summed E-state index contributed by atoms with van der Waals surface area (Å²) in [6, 6.07) is 22.1. The average Bonchev–Trinajstić information content (AvgIpc) is 3.31. The predicted octanol–water partition coefficient (Wildman–Crippen LogP) is 4.95. The fourth-order valence-electron chi connectivity index (χ4n) is 3.83. The molecule has 0 aliphatic carbocycles. The van der Waals surface area contributed by atoms with Crippen LogP contribution in [0.15, 0.2) is 66.7 Å². The molecule has 4 nitrogen and oxygen atoms in total. The van der Waals surface area contributed by atoms with Crippen LogP contribution in [0.1, 0.15) is 16.2 Å². The van der Waals surface area contributed by atoms with Gasteiger partial charge in [0.2, 0.25) is 0 Å². The SMILES string of the molecule is O=C(c1cc2cc(Cl)ccc2[nH]1)N1CCn2c(ccc2-c2ccccc2)C1. The van der Waals surface area contributed by atoms with Gasteiger partial charge in [-0.15, -0.1) is 0 Å². The summed E-state index contributed by atoms with van der Waals surface area (Å²) in [5.41, 5.74) is 5.10. The maximum absolute atomic E-state index is 13.0. The molecule has 3 heterocycles. The molecule has 0 radical (unpaired) electrons. The number of nitrogens with zero attached hydrogens (tertiary/aromatic N) is 2. The summed E-state index contributed by atoms with van der Waals surface area (Å²) in [5, 5.41) is 1.63. The molecule has 0 fully saturated rings. The molecule has 0 unspecified atom stereocenters. The first kappa shape index (κ1) is 16.2. The lowest BCUT2D eigenvalue weighted by molar-refractivity contribution is 0.0707. The van der Waals surface area contributed by atoms with Gasteiger partial charge in [-0.25, -0.2) is 0 Å². The van der Waals surface area contributed by atoms with E-state index in [9.17, 15) is 4.79 Å². The Labute approximate surface area is 162 Å². The number of carbonyl (C=O) groups is 1. The normalized spacial score (nSPS) is 13.7. The highest BCUT2D eigenvalue weighted by Crippen LogP contribution is 2.27. The van der Waals surface area contributed by atoms with Crippen molar-refractivity contribution in [3.63, 3.8) is 0 Å². The number of aromatic amines is 1. The van der Waals surface area contributed by atoms with Crippen molar-refractivity contribution in [1.29, 1.82) is 0 Å². The minimum Gasteiger partial charge on any atom is -0.351 e. The molecule has 5 heteroatoms. The lowest BCUT2D eigenvalue weighted by Crippen LogP contribution is -2.38. The maximum atomic E-state index is 13.0. The molecule has 0 bridgehead atoms. The van der Waals surface area contributed by atoms with E-state index in [4.69, 9.17) is 11.6 Å². The summed E-state index contributed by atoms with van der Waals surface area (Å²) < 4.78 is 2.31. The number of halogens is 1. The minimum absolute atomic E-state index is 0.0241. The summed E-state index contributed by atoms with van der Waals surface area (Å²) in [4.78, 5) is 18.1. The van der Waals surface area contributed by atoms with Crippen molar-refractivity contribution in [3.8, 4) is 11.3 Å².